The second-order valence-corrected chi connectivity index (χ2v) is 5.66. The molecule has 108 valence electrons. The Morgan fingerprint density at radius 3 is 2.32 bits per heavy atom. The lowest BCUT2D eigenvalue weighted by molar-refractivity contribution is 0.577. The van der Waals surface area contributed by atoms with E-state index in [-0.39, 0.29) is 0 Å². The Hall–Kier alpha value is -2.70. The predicted octanol–water partition coefficient (Wildman–Crippen LogP) is 2.75. The summed E-state index contributed by atoms with van der Waals surface area (Å²) in [4.78, 5) is 4.73. The Labute approximate surface area is 131 Å². The number of hydrogen-bond acceptors (Lipinski definition) is 6. The minimum Gasteiger partial charge on any atom is -0.285 e. The number of hydrazone groups is 1. The van der Waals surface area contributed by atoms with Crippen LogP contribution in [0.3, 0.4) is 0 Å². The van der Waals surface area contributed by atoms with E-state index in [1.54, 1.807) is 11.3 Å². The number of benzene rings is 2. The molecule has 22 heavy (non-hydrogen) atoms. The predicted molar refractivity (Wildman–Crippen MR) is 88.9 cm³/mol. The molecule has 0 aliphatic carbocycles. The topological polar surface area (TPSA) is 61.3 Å². The molecular formula is C16H13N5S. The van der Waals surface area contributed by atoms with Crippen LogP contribution in [0.1, 0.15) is 5.56 Å². The van der Waals surface area contributed by atoms with Gasteiger partial charge in [0.2, 0.25) is 0 Å². The molecule has 0 saturated heterocycles. The molecular weight excluding hydrogens is 294 g/mol. The van der Waals surface area contributed by atoms with Gasteiger partial charge in [-0.15, -0.1) is 22.0 Å². The number of hydrogen-bond donors (Lipinski definition) is 3. The number of nitrogens with one attached hydrogen (secondary N) is 3. The average Bonchev–Trinajstić information content (AvgIpc) is 3.28. The molecule has 2 heterocycles. The molecule has 0 unspecified atom stereocenters. The van der Waals surface area contributed by atoms with Crippen LogP contribution in [0.5, 0.6) is 0 Å². The summed E-state index contributed by atoms with van der Waals surface area (Å²) in [5, 5.41) is 7.19. The van der Waals surface area contributed by atoms with E-state index >= 15 is 0 Å². The standard InChI is InChI=1S/C16H13N5S/c1-2-4-11(5-3-1)14-10-22-16(17-14)13-8-6-12(7-9-13)15-18-20-21-19-15/h1-10,20-21H,(H,18,19). The van der Waals surface area contributed by atoms with Crippen molar-refractivity contribution in [2.75, 3.05) is 0 Å². The fourth-order valence-electron chi connectivity index (χ4n) is 2.25. The van der Waals surface area contributed by atoms with Gasteiger partial charge in [-0.2, -0.15) is 0 Å². The van der Waals surface area contributed by atoms with Crippen molar-refractivity contribution < 1.29 is 0 Å². The van der Waals surface area contributed by atoms with E-state index in [2.05, 4.69) is 51.2 Å². The zero-order chi connectivity index (χ0) is 14.8. The lowest BCUT2D eigenvalue weighted by Gasteiger charge is -2.02. The molecule has 1 aromatic heterocycles. The second kappa shape index (κ2) is 5.59. The molecule has 0 bridgehead atoms. The van der Waals surface area contributed by atoms with Crippen molar-refractivity contribution in [2.24, 2.45) is 5.10 Å². The van der Waals surface area contributed by atoms with Crippen molar-refractivity contribution in [1.29, 1.82) is 0 Å². The molecule has 0 amide bonds. The molecule has 0 spiro atoms. The molecule has 6 heteroatoms. The van der Waals surface area contributed by atoms with Crippen LogP contribution in [0, 0.1) is 0 Å². The number of thiazole rings is 1. The van der Waals surface area contributed by atoms with Crippen LogP contribution in [0.25, 0.3) is 21.8 Å². The van der Waals surface area contributed by atoms with Gasteiger partial charge in [0.1, 0.15) is 5.01 Å². The summed E-state index contributed by atoms with van der Waals surface area (Å²) in [6.07, 6.45) is 0. The lowest BCUT2D eigenvalue weighted by atomic mass is 10.1. The number of aromatic nitrogens is 1. The number of amidine groups is 1. The van der Waals surface area contributed by atoms with E-state index in [0.717, 1.165) is 33.2 Å². The maximum Gasteiger partial charge on any atom is 0.170 e. The zero-order valence-electron chi connectivity index (χ0n) is 11.6. The Kier molecular flexibility index (Phi) is 3.30. The lowest BCUT2D eigenvalue weighted by Crippen LogP contribution is -2.35. The van der Waals surface area contributed by atoms with Crippen LogP contribution < -0.4 is 16.5 Å². The molecule has 3 aromatic rings. The number of nitrogens with zero attached hydrogens (tertiary/aromatic N) is 2. The van der Waals surface area contributed by atoms with Crippen LogP contribution in [-0.4, -0.2) is 10.8 Å². The highest BCUT2D eigenvalue weighted by molar-refractivity contribution is 7.13. The molecule has 2 aromatic carbocycles. The maximum atomic E-state index is 4.73. The van der Waals surface area contributed by atoms with E-state index in [1.807, 2.05) is 30.3 Å². The first-order chi connectivity index (χ1) is 10.9. The van der Waals surface area contributed by atoms with E-state index in [0.29, 0.717) is 0 Å². The minimum atomic E-state index is 0.774. The van der Waals surface area contributed by atoms with Crippen molar-refractivity contribution in [1.82, 2.24) is 21.5 Å². The smallest absolute Gasteiger partial charge is 0.170 e. The first-order valence-electron chi connectivity index (χ1n) is 6.85. The zero-order valence-corrected chi connectivity index (χ0v) is 12.4. The van der Waals surface area contributed by atoms with Gasteiger partial charge in [0.05, 0.1) is 5.69 Å². The Morgan fingerprint density at radius 2 is 1.59 bits per heavy atom. The fraction of sp³-hybridized carbons (Fsp3) is 0. The van der Waals surface area contributed by atoms with Crippen molar-refractivity contribution in [3.8, 4) is 21.8 Å². The van der Waals surface area contributed by atoms with Gasteiger partial charge in [-0.1, -0.05) is 54.6 Å². The number of rotatable bonds is 3. The molecule has 0 saturated carbocycles. The molecule has 1 aliphatic heterocycles. The van der Waals surface area contributed by atoms with E-state index < -0.39 is 0 Å². The summed E-state index contributed by atoms with van der Waals surface area (Å²) >= 11 is 1.65. The fourth-order valence-corrected chi connectivity index (χ4v) is 3.09. The largest absolute Gasteiger partial charge is 0.285 e. The summed E-state index contributed by atoms with van der Waals surface area (Å²) in [6.45, 7) is 0. The van der Waals surface area contributed by atoms with E-state index in [1.165, 1.54) is 0 Å². The highest BCUT2D eigenvalue weighted by Crippen LogP contribution is 2.28. The third-order valence-corrected chi connectivity index (χ3v) is 4.27. The minimum absolute atomic E-state index is 0.774. The normalized spacial score (nSPS) is 13.4. The summed E-state index contributed by atoms with van der Waals surface area (Å²) < 4.78 is 0. The first kappa shape index (κ1) is 13.0. The van der Waals surface area contributed by atoms with E-state index in [9.17, 15) is 0 Å². The summed E-state index contributed by atoms with van der Waals surface area (Å²) in [7, 11) is 0. The Balaban J connectivity index is 1.61. The molecule has 0 radical (unpaired) electrons. The van der Waals surface area contributed by atoms with Crippen molar-refractivity contribution in [3.63, 3.8) is 0 Å². The second-order valence-electron chi connectivity index (χ2n) is 4.80. The highest BCUT2D eigenvalue weighted by Gasteiger charge is 2.09. The molecule has 0 atom stereocenters. The van der Waals surface area contributed by atoms with Gasteiger partial charge in [-0.05, 0) is 0 Å². The third kappa shape index (κ3) is 2.45. The van der Waals surface area contributed by atoms with Gasteiger partial charge in [-0.3, -0.25) is 5.43 Å². The monoisotopic (exact) mass is 307 g/mol. The molecule has 5 nitrogen and oxygen atoms in total. The van der Waals surface area contributed by atoms with E-state index in [4.69, 9.17) is 4.98 Å². The van der Waals surface area contributed by atoms with Gasteiger partial charge in [0, 0.05) is 22.1 Å². The van der Waals surface area contributed by atoms with Gasteiger partial charge in [-0.25, -0.2) is 10.5 Å². The Morgan fingerprint density at radius 1 is 0.818 bits per heavy atom. The van der Waals surface area contributed by atoms with Gasteiger partial charge >= 0.3 is 0 Å². The molecule has 1 aliphatic rings. The van der Waals surface area contributed by atoms with Gasteiger partial charge in [0.15, 0.2) is 5.84 Å². The van der Waals surface area contributed by atoms with Crippen molar-refractivity contribution in [3.05, 3.63) is 65.5 Å². The summed E-state index contributed by atoms with van der Waals surface area (Å²) in [5.74, 6) is 0.774. The summed E-state index contributed by atoms with van der Waals surface area (Å²) in [6, 6.07) is 18.4. The van der Waals surface area contributed by atoms with Gasteiger partial charge < -0.3 is 0 Å². The average molecular weight is 307 g/mol. The Bertz CT molecular complexity index is 808. The van der Waals surface area contributed by atoms with Crippen LogP contribution in [0.15, 0.2) is 65.1 Å². The highest BCUT2D eigenvalue weighted by atomic mass is 32.1. The van der Waals surface area contributed by atoms with Crippen molar-refractivity contribution in [2.45, 2.75) is 0 Å². The van der Waals surface area contributed by atoms with Crippen molar-refractivity contribution >= 4 is 17.2 Å². The molecule has 3 N–H and O–H groups in total. The molecule has 0 fully saturated rings. The van der Waals surface area contributed by atoms with Crippen LogP contribution in [0.4, 0.5) is 0 Å². The summed E-state index contributed by atoms with van der Waals surface area (Å²) in [5.41, 5.74) is 12.6. The first-order valence-corrected chi connectivity index (χ1v) is 7.73. The van der Waals surface area contributed by atoms with Crippen LogP contribution >= 0.6 is 11.3 Å². The maximum absolute atomic E-state index is 4.73. The van der Waals surface area contributed by atoms with Crippen LogP contribution in [-0.2, 0) is 0 Å². The number of hydrazine groups is 2. The third-order valence-electron chi connectivity index (χ3n) is 3.38. The molecule has 4 rings (SSSR count). The quantitative estimate of drug-likeness (QED) is 0.696. The van der Waals surface area contributed by atoms with Gasteiger partial charge in [0.25, 0.3) is 0 Å². The SMILES string of the molecule is c1ccc(-c2csc(-c3ccc(C4=NNNN4)cc3)n2)cc1. The van der Waals surface area contributed by atoms with Crippen LogP contribution in [0.2, 0.25) is 0 Å².